The lowest BCUT2D eigenvalue weighted by atomic mass is 10.0. The Morgan fingerprint density at radius 3 is 2.19 bits per heavy atom. The average molecular weight is 350 g/mol. The number of allylic oxidation sites excluding steroid dienone is 6. The number of nitrogens with zero attached hydrogens (tertiary/aromatic N) is 2. The summed E-state index contributed by atoms with van der Waals surface area (Å²) >= 11 is 0. The smallest absolute Gasteiger partial charge is 0.160 e. The van der Waals surface area contributed by atoms with E-state index in [1.54, 1.807) is 0 Å². The molecule has 0 atom stereocenters. The topological polar surface area (TPSA) is 25.8 Å². The highest BCUT2D eigenvalue weighted by Crippen LogP contribution is 2.28. The Kier molecular flexibility index (Phi) is 4.80. The molecule has 0 radical (unpaired) electrons. The molecule has 0 unspecified atom stereocenters. The minimum atomic E-state index is 0.758. The summed E-state index contributed by atoms with van der Waals surface area (Å²) in [6.45, 7) is 4.25. The van der Waals surface area contributed by atoms with Gasteiger partial charge in [-0.05, 0) is 38.5 Å². The quantitative estimate of drug-likeness (QED) is 0.552. The van der Waals surface area contributed by atoms with Crippen molar-refractivity contribution in [3.8, 4) is 22.5 Å². The van der Waals surface area contributed by atoms with Crippen molar-refractivity contribution in [2.24, 2.45) is 0 Å². The van der Waals surface area contributed by atoms with Crippen LogP contribution in [-0.4, -0.2) is 9.97 Å². The lowest BCUT2D eigenvalue weighted by Crippen LogP contribution is -1.98. The number of rotatable bonds is 3. The summed E-state index contributed by atoms with van der Waals surface area (Å²) in [6, 6.07) is 18.9. The normalized spacial score (nSPS) is 13.3. The van der Waals surface area contributed by atoms with Gasteiger partial charge >= 0.3 is 0 Å². The van der Waals surface area contributed by atoms with Gasteiger partial charge in [0.1, 0.15) is 0 Å². The molecule has 132 valence electrons. The van der Waals surface area contributed by atoms with Crippen LogP contribution in [0.3, 0.4) is 0 Å². The number of aryl methyl sites for hydroxylation is 2. The zero-order valence-corrected chi connectivity index (χ0v) is 15.7. The van der Waals surface area contributed by atoms with Crippen molar-refractivity contribution in [2.75, 3.05) is 0 Å². The molecule has 0 aliphatic heterocycles. The molecule has 0 N–H and O–H groups in total. The molecule has 2 aromatic carbocycles. The monoisotopic (exact) mass is 350 g/mol. The molecule has 1 aliphatic carbocycles. The molecule has 0 amide bonds. The number of hydrogen-bond donors (Lipinski definition) is 0. The van der Waals surface area contributed by atoms with E-state index in [2.05, 4.69) is 80.6 Å². The molecule has 0 bridgehead atoms. The molecule has 0 saturated carbocycles. The van der Waals surface area contributed by atoms with Crippen LogP contribution in [0.15, 0.2) is 85.0 Å². The fourth-order valence-corrected chi connectivity index (χ4v) is 3.33. The maximum absolute atomic E-state index is 4.91. The summed E-state index contributed by atoms with van der Waals surface area (Å²) in [4.78, 5) is 9.79. The molecule has 4 rings (SSSR count). The van der Waals surface area contributed by atoms with Crippen molar-refractivity contribution in [3.63, 3.8) is 0 Å². The Labute approximate surface area is 160 Å². The summed E-state index contributed by atoms with van der Waals surface area (Å²) in [7, 11) is 0. The van der Waals surface area contributed by atoms with E-state index in [1.807, 2.05) is 18.2 Å². The number of benzene rings is 2. The molecule has 1 aromatic heterocycles. The summed E-state index contributed by atoms with van der Waals surface area (Å²) in [5.74, 6) is 0.758. The van der Waals surface area contributed by atoms with E-state index >= 15 is 0 Å². The molecule has 0 spiro atoms. The minimum absolute atomic E-state index is 0.758. The van der Waals surface area contributed by atoms with Gasteiger partial charge in [-0.1, -0.05) is 77.9 Å². The van der Waals surface area contributed by atoms with Crippen molar-refractivity contribution in [1.29, 1.82) is 0 Å². The van der Waals surface area contributed by atoms with Crippen LogP contribution in [0.25, 0.3) is 28.1 Å². The van der Waals surface area contributed by atoms with Crippen LogP contribution >= 0.6 is 0 Å². The van der Waals surface area contributed by atoms with Crippen LogP contribution in [0.1, 0.15) is 23.4 Å². The Morgan fingerprint density at radius 2 is 1.44 bits per heavy atom. The van der Waals surface area contributed by atoms with Gasteiger partial charge in [-0.2, -0.15) is 0 Å². The van der Waals surface area contributed by atoms with Gasteiger partial charge in [-0.25, -0.2) is 9.97 Å². The zero-order valence-electron chi connectivity index (χ0n) is 15.7. The predicted molar refractivity (Wildman–Crippen MR) is 113 cm³/mol. The van der Waals surface area contributed by atoms with Gasteiger partial charge in [0.05, 0.1) is 11.4 Å². The van der Waals surface area contributed by atoms with Gasteiger partial charge < -0.3 is 0 Å². The van der Waals surface area contributed by atoms with Gasteiger partial charge in [0.25, 0.3) is 0 Å². The van der Waals surface area contributed by atoms with E-state index in [0.717, 1.165) is 40.3 Å². The van der Waals surface area contributed by atoms with Crippen LogP contribution in [0.5, 0.6) is 0 Å². The molecule has 0 saturated heterocycles. The maximum Gasteiger partial charge on any atom is 0.160 e. The lowest BCUT2D eigenvalue weighted by Gasteiger charge is -2.11. The first-order chi connectivity index (χ1) is 13.2. The molecule has 27 heavy (non-hydrogen) atoms. The SMILES string of the molecule is Cc1cc(C)cc(-c2cc(-c3ccccc3)nc(C3=CC=CCC=C3)n2)c1. The Hall–Kier alpha value is -3.26. The molecule has 3 aromatic rings. The zero-order chi connectivity index (χ0) is 18.6. The Morgan fingerprint density at radius 1 is 0.741 bits per heavy atom. The molecule has 2 heteroatoms. The predicted octanol–water partition coefficient (Wildman–Crippen LogP) is 6.33. The van der Waals surface area contributed by atoms with Gasteiger partial charge in [0, 0.05) is 16.7 Å². The van der Waals surface area contributed by atoms with Gasteiger partial charge in [-0.15, -0.1) is 0 Å². The standard InChI is InChI=1S/C25H22N2/c1-18-14-19(2)16-22(15-18)24-17-23(20-10-8-5-9-11-20)26-25(27-24)21-12-6-3-4-7-13-21/h3,5-17H,4H2,1-2H3. The second-order valence-corrected chi connectivity index (χ2v) is 6.89. The number of hydrogen-bond acceptors (Lipinski definition) is 2. The minimum Gasteiger partial charge on any atom is -0.228 e. The van der Waals surface area contributed by atoms with Crippen molar-refractivity contribution < 1.29 is 0 Å². The fourth-order valence-electron chi connectivity index (χ4n) is 3.33. The Balaban J connectivity index is 1.91. The summed E-state index contributed by atoms with van der Waals surface area (Å²) < 4.78 is 0. The third-order valence-corrected chi connectivity index (χ3v) is 4.55. The van der Waals surface area contributed by atoms with Crippen molar-refractivity contribution in [1.82, 2.24) is 9.97 Å². The largest absolute Gasteiger partial charge is 0.228 e. The van der Waals surface area contributed by atoms with Crippen molar-refractivity contribution in [3.05, 3.63) is 102 Å². The number of aromatic nitrogens is 2. The van der Waals surface area contributed by atoms with Crippen LogP contribution in [0.2, 0.25) is 0 Å². The highest BCUT2D eigenvalue weighted by Gasteiger charge is 2.11. The van der Waals surface area contributed by atoms with Gasteiger partial charge in [-0.3, -0.25) is 0 Å². The van der Waals surface area contributed by atoms with E-state index in [-0.39, 0.29) is 0 Å². The first kappa shape index (κ1) is 17.2. The van der Waals surface area contributed by atoms with E-state index in [4.69, 9.17) is 9.97 Å². The molecular weight excluding hydrogens is 328 g/mol. The molecule has 1 aliphatic rings. The van der Waals surface area contributed by atoms with E-state index in [1.165, 1.54) is 11.1 Å². The second-order valence-electron chi connectivity index (χ2n) is 6.89. The van der Waals surface area contributed by atoms with Crippen LogP contribution in [0, 0.1) is 13.8 Å². The molecule has 2 nitrogen and oxygen atoms in total. The molecule has 1 heterocycles. The first-order valence-corrected chi connectivity index (χ1v) is 9.26. The fraction of sp³-hybridized carbons (Fsp3) is 0.120. The lowest BCUT2D eigenvalue weighted by molar-refractivity contribution is 1.13. The second kappa shape index (κ2) is 7.55. The van der Waals surface area contributed by atoms with E-state index < -0.39 is 0 Å². The third-order valence-electron chi connectivity index (χ3n) is 4.55. The molecular formula is C25H22N2. The van der Waals surface area contributed by atoms with Crippen molar-refractivity contribution >= 4 is 5.57 Å². The van der Waals surface area contributed by atoms with Crippen LogP contribution in [-0.2, 0) is 0 Å². The van der Waals surface area contributed by atoms with Crippen LogP contribution < -0.4 is 0 Å². The summed E-state index contributed by atoms with van der Waals surface area (Å²) in [5.41, 5.74) is 7.63. The first-order valence-electron chi connectivity index (χ1n) is 9.26. The van der Waals surface area contributed by atoms with Gasteiger partial charge in [0.2, 0.25) is 0 Å². The summed E-state index contributed by atoms with van der Waals surface area (Å²) in [5, 5.41) is 0. The van der Waals surface area contributed by atoms with Gasteiger partial charge in [0.15, 0.2) is 5.82 Å². The molecule has 0 fully saturated rings. The highest BCUT2D eigenvalue weighted by molar-refractivity contribution is 5.76. The third kappa shape index (κ3) is 3.95. The summed E-state index contributed by atoms with van der Waals surface area (Å²) in [6.07, 6.45) is 11.5. The Bertz CT molecular complexity index is 1040. The van der Waals surface area contributed by atoms with Crippen LogP contribution in [0.4, 0.5) is 0 Å². The van der Waals surface area contributed by atoms with E-state index in [0.29, 0.717) is 0 Å². The maximum atomic E-state index is 4.91. The van der Waals surface area contributed by atoms with E-state index in [9.17, 15) is 0 Å². The van der Waals surface area contributed by atoms with Crippen molar-refractivity contribution in [2.45, 2.75) is 20.3 Å². The highest BCUT2D eigenvalue weighted by atomic mass is 14.9. The average Bonchev–Trinajstić information content (AvgIpc) is 2.97.